The molecule has 1 aliphatic heterocycles. The minimum absolute atomic E-state index is 0.0257. The van der Waals surface area contributed by atoms with E-state index in [9.17, 15) is 18.0 Å². The van der Waals surface area contributed by atoms with Crippen LogP contribution in [0.2, 0.25) is 5.02 Å². The third-order valence-electron chi connectivity index (χ3n) is 5.20. The Bertz CT molecular complexity index is 1160. The number of unbranched alkanes of at least 4 members (excludes halogenated alkanes) is 1. The molecule has 8 heteroatoms. The van der Waals surface area contributed by atoms with Gasteiger partial charge in [-0.2, -0.15) is 13.2 Å². The highest BCUT2D eigenvalue weighted by atomic mass is 35.5. The van der Waals surface area contributed by atoms with Crippen LogP contribution >= 0.6 is 11.6 Å². The minimum atomic E-state index is -4.47. The quantitative estimate of drug-likeness (QED) is 0.458. The van der Waals surface area contributed by atoms with Crippen molar-refractivity contribution in [2.75, 3.05) is 11.6 Å². The van der Waals surface area contributed by atoms with Crippen molar-refractivity contribution < 1.29 is 22.3 Å². The maximum Gasteiger partial charge on any atom is 0.416 e. The summed E-state index contributed by atoms with van der Waals surface area (Å²) >= 11 is 6.15. The maximum absolute atomic E-state index is 12.9. The number of fused-ring (bicyclic) bond motifs is 3. The number of aryl methyl sites for hydroxylation is 1. The first-order valence-corrected chi connectivity index (χ1v) is 9.99. The average molecular weight is 438 g/mol. The normalized spacial score (nSPS) is 14.0. The van der Waals surface area contributed by atoms with Crippen LogP contribution in [0.4, 0.5) is 18.9 Å². The van der Waals surface area contributed by atoms with Crippen molar-refractivity contribution in [3.63, 3.8) is 0 Å². The molecule has 0 aliphatic carbocycles. The molecule has 1 aromatic heterocycles. The number of nitrogens with zero attached hydrogens (tertiary/aromatic N) is 1. The summed E-state index contributed by atoms with van der Waals surface area (Å²) in [7, 11) is 0. The predicted molar refractivity (Wildman–Crippen MR) is 109 cm³/mol. The van der Waals surface area contributed by atoms with Gasteiger partial charge in [-0.05, 0) is 48.7 Å². The zero-order valence-electron chi connectivity index (χ0n) is 16.2. The lowest BCUT2D eigenvalue weighted by Crippen LogP contribution is -2.32. The third kappa shape index (κ3) is 3.86. The third-order valence-corrected chi connectivity index (χ3v) is 5.50. The SMILES string of the molecule is CCCCc1cc(=O)oc2c3c(ccc12)OCN(c1ccc(C(F)(F)F)cc1Cl)C3. The van der Waals surface area contributed by atoms with Crippen molar-refractivity contribution in [3.8, 4) is 5.75 Å². The topological polar surface area (TPSA) is 42.7 Å². The van der Waals surface area contributed by atoms with E-state index in [4.69, 9.17) is 20.8 Å². The van der Waals surface area contributed by atoms with Crippen molar-refractivity contribution >= 4 is 28.3 Å². The Hall–Kier alpha value is -2.67. The molecule has 2 aromatic carbocycles. The Balaban J connectivity index is 1.74. The van der Waals surface area contributed by atoms with E-state index < -0.39 is 17.4 Å². The van der Waals surface area contributed by atoms with E-state index in [-0.39, 0.29) is 18.3 Å². The van der Waals surface area contributed by atoms with Crippen LogP contribution in [0.5, 0.6) is 5.75 Å². The zero-order valence-corrected chi connectivity index (χ0v) is 16.9. The second-order valence-electron chi connectivity index (χ2n) is 7.25. The van der Waals surface area contributed by atoms with Gasteiger partial charge in [0.25, 0.3) is 0 Å². The molecule has 158 valence electrons. The lowest BCUT2D eigenvalue weighted by atomic mass is 10.0. The average Bonchev–Trinajstić information content (AvgIpc) is 2.70. The first-order valence-electron chi connectivity index (χ1n) is 9.61. The number of alkyl halides is 3. The van der Waals surface area contributed by atoms with Crippen molar-refractivity contribution in [1.82, 2.24) is 0 Å². The molecule has 4 rings (SSSR count). The summed E-state index contributed by atoms with van der Waals surface area (Å²) in [4.78, 5) is 13.9. The summed E-state index contributed by atoms with van der Waals surface area (Å²) in [5, 5.41) is 0.813. The molecular formula is C22H19ClF3NO3. The van der Waals surface area contributed by atoms with Crippen molar-refractivity contribution in [2.24, 2.45) is 0 Å². The molecule has 0 atom stereocenters. The molecule has 0 fully saturated rings. The lowest BCUT2D eigenvalue weighted by Gasteiger charge is -2.31. The molecule has 0 spiro atoms. The van der Waals surface area contributed by atoms with Gasteiger partial charge in [0.05, 0.1) is 28.4 Å². The molecule has 0 radical (unpaired) electrons. The second kappa shape index (κ2) is 7.87. The van der Waals surface area contributed by atoms with Crippen LogP contribution < -0.4 is 15.3 Å². The summed E-state index contributed by atoms with van der Waals surface area (Å²) in [5.74, 6) is 0.581. The largest absolute Gasteiger partial charge is 0.473 e. The molecule has 3 aromatic rings. The fourth-order valence-corrected chi connectivity index (χ4v) is 3.97. The summed E-state index contributed by atoms with van der Waals surface area (Å²) in [5.41, 5.74) is 1.19. The Morgan fingerprint density at radius 1 is 1.17 bits per heavy atom. The monoisotopic (exact) mass is 437 g/mol. The fraction of sp³-hybridized carbons (Fsp3) is 0.318. The molecule has 2 heterocycles. The van der Waals surface area contributed by atoms with Crippen LogP contribution in [-0.2, 0) is 19.1 Å². The Kier molecular flexibility index (Phi) is 5.40. The van der Waals surface area contributed by atoms with Gasteiger partial charge in [0.1, 0.15) is 11.3 Å². The summed E-state index contributed by atoms with van der Waals surface area (Å²) in [6, 6.07) is 8.44. The van der Waals surface area contributed by atoms with Gasteiger partial charge in [-0.3, -0.25) is 0 Å². The molecule has 0 amide bonds. The number of hydrogen-bond acceptors (Lipinski definition) is 4. The Morgan fingerprint density at radius 3 is 2.67 bits per heavy atom. The number of benzene rings is 2. The van der Waals surface area contributed by atoms with Gasteiger partial charge >= 0.3 is 11.8 Å². The Labute approximate surface area is 175 Å². The summed E-state index contributed by atoms with van der Waals surface area (Å²) in [6.07, 6.45) is -1.77. The number of hydrogen-bond donors (Lipinski definition) is 0. The van der Waals surface area contributed by atoms with Crippen LogP contribution in [-0.4, -0.2) is 6.73 Å². The summed E-state index contributed by atoms with van der Waals surface area (Å²) < 4.78 is 50.1. The molecule has 0 bridgehead atoms. The van der Waals surface area contributed by atoms with E-state index in [0.29, 0.717) is 22.6 Å². The van der Waals surface area contributed by atoms with Crippen LogP contribution in [0.3, 0.4) is 0 Å². The second-order valence-corrected chi connectivity index (χ2v) is 7.66. The van der Waals surface area contributed by atoms with Crippen LogP contribution in [0.1, 0.15) is 36.5 Å². The number of rotatable bonds is 4. The maximum atomic E-state index is 12.9. The van der Waals surface area contributed by atoms with Crippen LogP contribution in [0.25, 0.3) is 11.0 Å². The van der Waals surface area contributed by atoms with Gasteiger partial charge in [0.2, 0.25) is 0 Å². The standard InChI is InChI=1S/C22H19ClF3NO3/c1-2-3-4-13-9-20(28)30-21-15(13)6-8-19-16(21)11-27(12-29-19)18-7-5-14(10-17(18)23)22(24,25)26/h5-10H,2-4,11-12H2,1H3. The van der Waals surface area contributed by atoms with E-state index in [1.165, 1.54) is 12.1 Å². The van der Waals surface area contributed by atoms with Crippen molar-refractivity contribution in [2.45, 2.75) is 38.9 Å². The number of ether oxygens (including phenoxy) is 1. The lowest BCUT2D eigenvalue weighted by molar-refractivity contribution is -0.137. The van der Waals surface area contributed by atoms with E-state index in [0.717, 1.165) is 42.3 Å². The molecule has 4 nitrogen and oxygen atoms in total. The van der Waals surface area contributed by atoms with Gasteiger partial charge in [-0.25, -0.2) is 4.79 Å². The highest BCUT2D eigenvalue weighted by molar-refractivity contribution is 6.33. The molecule has 0 unspecified atom stereocenters. The van der Waals surface area contributed by atoms with E-state index >= 15 is 0 Å². The van der Waals surface area contributed by atoms with Crippen LogP contribution in [0, 0.1) is 0 Å². The predicted octanol–water partition coefficient (Wildman–Crippen LogP) is 6.16. The first-order chi connectivity index (χ1) is 14.3. The molecular weight excluding hydrogens is 419 g/mol. The van der Waals surface area contributed by atoms with Crippen molar-refractivity contribution in [3.05, 3.63) is 68.5 Å². The zero-order chi connectivity index (χ0) is 21.5. The first kappa shape index (κ1) is 20.6. The molecule has 0 N–H and O–H groups in total. The van der Waals surface area contributed by atoms with Gasteiger partial charge in [-0.1, -0.05) is 24.9 Å². The number of halogens is 4. The fourth-order valence-electron chi connectivity index (χ4n) is 3.67. The number of anilines is 1. The summed E-state index contributed by atoms with van der Waals surface area (Å²) in [6.45, 7) is 2.48. The van der Waals surface area contributed by atoms with Crippen molar-refractivity contribution in [1.29, 1.82) is 0 Å². The minimum Gasteiger partial charge on any atom is -0.473 e. The van der Waals surface area contributed by atoms with E-state index in [2.05, 4.69) is 6.92 Å². The van der Waals surface area contributed by atoms with Gasteiger partial charge in [-0.15, -0.1) is 0 Å². The highest BCUT2D eigenvalue weighted by Gasteiger charge is 2.32. The van der Waals surface area contributed by atoms with E-state index in [1.54, 1.807) is 4.90 Å². The molecule has 0 saturated heterocycles. The van der Waals surface area contributed by atoms with Gasteiger partial charge in [0, 0.05) is 11.5 Å². The Morgan fingerprint density at radius 2 is 1.97 bits per heavy atom. The molecule has 30 heavy (non-hydrogen) atoms. The van der Waals surface area contributed by atoms with E-state index in [1.807, 2.05) is 12.1 Å². The van der Waals surface area contributed by atoms with Gasteiger partial charge < -0.3 is 14.1 Å². The molecule has 0 saturated carbocycles. The van der Waals surface area contributed by atoms with Crippen LogP contribution in [0.15, 0.2) is 45.6 Å². The molecule has 1 aliphatic rings. The smallest absolute Gasteiger partial charge is 0.416 e. The van der Waals surface area contributed by atoms with Gasteiger partial charge in [0.15, 0.2) is 6.73 Å². The highest BCUT2D eigenvalue weighted by Crippen LogP contribution is 2.39.